The predicted molar refractivity (Wildman–Crippen MR) is 98.5 cm³/mol. The van der Waals surface area contributed by atoms with E-state index in [0.717, 1.165) is 31.9 Å². The van der Waals surface area contributed by atoms with Gasteiger partial charge in [-0.15, -0.1) is 0 Å². The Bertz CT molecular complexity index is 690. The average Bonchev–Trinajstić information content (AvgIpc) is 2.66. The molecule has 1 fully saturated rings. The van der Waals surface area contributed by atoms with Gasteiger partial charge in [-0.25, -0.2) is 9.59 Å². The van der Waals surface area contributed by atoms with E-state index < -0.39 is 17.8 Å². The maximum absolute atomic E-state index is 11.6. The molecule has 1 aliphatic heterocycles. The van der Waals surface area contributed by atoms with Crippen LogP contribution in [-0.2, 0) is 14.4 Å². The molecule has 1 aromatic carbocycles. The van der Waals surface area contributed by atoms with Gasteiger partial charge < -0.3 is 25.7 Å². The molecule has 2 amide bonds. The number of carbonyl (C=O) groups excluding carboxylic acids is 2. The molecule has 0 bridgehead atoms. The summed E-state index contributed by atoms with van der Waals surface area (Å²) in [5.41, 5.74) is 6.79. The van der Waals surface area contributed by atoms with Gasteiger partial charge in [0.2, 0.25) is 11.8 Å². The molecule has 146 valence electrons. The van der Waals surface area contributed by atoms with E-state index in [0.29, 0.717) is 24.1 Å². The van der Waals surface area contributed by atoms with Crippen LogP contribution in [0.2, 0.25) is 0 Å². The third-order valence-electron chi connectivity index (χ3n) is 3.82. The second kappa shape index (κ2) is 10.6. The fourth-order valence-electron chi connectivity index (χ4n) is 2.42. The summed E-state index contributed by atoms with van der Waals surface area (Å²) in [5, 5.41) is 15.6. The highest BCUT2D eigenvalue weighted by molar-refractivity contribution is 5.93. The molecule has 9 nitrogen and oxygen atoms in total. The summed E-state index contributed by atoms with van der Waals surface area (Å²) < 4.78 is 0. The van der Waals surface area contributed by atoms with Crippen LogP contribution >= 0.6 is 0 Å². The largest absolute Gasteiger partial charge is 0.478 e. The van der Waals surface area contributed by atoms with Gasteiger partial charge in [0.1, 0.15) is 0 Å². The number of carbonyl (C=O) groups is 4. The van der Waals surface area contributed by atoms with Crippen molar-refractivity contribution in [3.05, 3.63) is 42.0 Å². The monoisotopic (exact) mass is 377 g/mol. The summed E-state index contributed by atoms with van der Waals surface area (Å²) in [6.45, 7) is 5.04. The quantitative estimate of drug-likeness (QED) is 0.636. The number of nitrogens with two attached hydrogens (primary N) is 1. The first-order valence-electron chi connectivity index (χ1n) is 8.31. The molecular weight excluding hydrogens is 354 g/mol. The van der Waals surface area contributed by atoms with E-state index in [2.05, 4.69) is 4.90 Å². The van der Waals surface area contributed by atoms with Gasteiger partial charge in [-0.2, -0.15) is 0 Å². The Balaban J connectivity index is 0.000000387. The fraction of sp³-hybridized carbons (Fsp3) is 0.333. The van der Waals surface area contributed by atoms with E-state index in [4.69, 9.17) is 15.9 Å². The van der Waals surface area contributed by atoms with E-state index in [1.165, 1.54) is 0 Å². The molecule has 9 heteroatoms. The van der Waals surface area contributed by atoms with Crippen LogP contribution in [0.3, 0.4) is 0 Å². The summed E-state index contributed by atoms with van der Waals surface area (Å²) in [6, 6.07) is 7.28. The minimum atomic E-state index is -1.26. The van der Waals surface area contributed by atoms with Crippen molar-refractivity contribution < 1.29 is 29.4 Å². The number of hydrogen-bond donors (Lipinski definition) is 3. The normalized spacial score (nSPS) is 13.7. The summed E-state index contributed by atoms with van der Waals surface area (Å²) in [5.74, 6) is -2.71. The van der Waals surface area contributed by atoms with Crippen LogP contribution < -0.4 is 10.6 Å². The Morgan fingerprint density at radius 2 is 1.44 bits per heavy atom. The molecule has 0 saturated carbocycles. The van der Waals surface area contributed by atoms with E-state index in [1.54, 1.807) is 12.1 Å². The first-order valence-corrected chi connectivity index (χ1v) is 8.31. The second-order valence-electron chi connectivity index (χ2n) is 5.64. The van der Waals surface area contributed by atoms with E-state index in [1.807, 2.05) is 24.0 Å². The molecule has 1 aromatic rings. The Morgan fingerprint density at radius 3 is 1.81 bits per heavy atom. The number of carboxylic acid groups (broad SMARTS) is 2. The number of primary amides is 1. The predicted octanol–water partition coefficient (Wildman–Crippen LogP) is 0.556. The number of nitrogens with zero attached hydrogens (tertiary/aromatic N) is 2. The lowest BCUT2D eigenvalue weighted by Crippen LogP contribution is -2.48. The van der Waals surface area contributed by atoms with Crippen LogP contribution in [0.4, 0.5) is 5.69 Å². The minimum absolute atomic E-state index is 0.212. The molecule has 2 rings (SSSR count). The van der Waals surface area contributed by atoms with E-state index >= 15 is 0 Å². The Hall–Kier alpha value is -3.36. The third kappa shape index (κ3) is 7.59. The molecule has 0 aromatic heterocycles. The number of benzene rings is 1. The van der Waals surface area contributed by atoms with Crippen molar-refractivity contribution in [1.82, 2.24) is 4.90 Å². The SMILES string of the molecule is CCC(=O)N1CCN(c2ccc(C(N)=O)cc2)CC1.O=C(O)/C=C\C(=O)O. The molecule has 0 atom stereocenters. The molecule has 0 radical (unpaired) electrons. The zero-order chi connectivity index (χ0) is 20.4. The minimum Gasteiger partial charge on any atom is -0.478 e. The smallest absolute Gasteiger partial charge is 0.328 e. The highest BCUT2D eigenvalue weighted by Gasteiger charge is 2.20. The molecule has 0 unspecified atom stereocenters. The van der Waals surface area contributed by atoms with Gasteiger partial charge in [0.25, 0.3) is 0 Å². The van der Waals surface area contributed by atoms with Crippen molar-refractivity contribution in [2.45, 2.75) is 13.3 Å². The highest BCUT2D eigenvalue weighted by Crippen LogP contribution is 2.17. The highest BCUT2D eigenvalue weighted by atomic mass is 16.4. The molecule has 1 aliphatic rings. The number of amides is 2. The van der Waals surface area contributed by atoms with Gasteiger partial charge in [-0.1, -0.05) is 6.92 Å². The van der Waals surface area contributed by atoms with Crippen molar-refractivity contribution >= 4 is 29.4 Å². The van der Waals surface area contributed by atoms with Crippen LogP contribution in [-0.4, -0.2) is 65.0 Å². The van der Waals surface area contributed by atoms with Gasteiger partial charge in [0, 0.05) is 56.0 Å². The topological polar surface area (TPSA) is 141 Å². The van der Waals surface area contributed by atoms with Crippen LogP contribution in [0.5, 0.6) is 0 Å². The van der Waals surface area contributed by atoms with Gasteiger partial charge in [-0.05, 0) is 24.3 Å². The third-order valence-corrected chi connectivity index (χ3v) is 3.82. The number of piperazine rings is 1. The summed E-state index contributed by atoms with van der Waals surface area (Å²) in [4.78, 5) is 45.8. The molecule has 0 aliphatic carbocycles. The van der Waals surface area contributed by atoms with E-state index in [-0.39, 0.29) is 5.91 Å². The fourth-order valence-corrected chi connectivity index (χ4v) is 2.42. The Kier molecular flexibility index (Phi) is 8.50. The first-order chi connectivity index (χ1) is 12.7. The van der Waals surface area contributed by atoms with Gasteiger partial charge in [-0.3, -0.25) is 9.59 Å². The number of aliphatic carboxylic acids is 2. The lowest BCUT2D eigenvalue weighted by molar-refractivity contribution is -0.134. The zero-order valence-corrected chi connectivity index (χ0v) is 15.0. The van der Waals surface area contributed by atoms with Crippen molar-refractivity contribution in [2.24, 2.45) is 5.73 Å². The van der Waals surface area contributed by atoms with Crippen LogP contribution in [0.1, 0.15) is 23.7 Å². The molecule has 1 heterocycles. The van der Waals surface area contributed by atoms with Crippen molar-refractivity contribution in [1.29, 1.82) is 0 Å². The van der Waals surface area contributed by atoms with Crippen molar-refractivity contribution in [3.8, 4) is 0 Å². The summed E-state index contributed by atoms with van der Waals surface area (Å²) in [7, 11) is 0. The average molecular weight is 377 g/mol. The van der Waals surface area contributed by atoms with Crippen LogP contribution in [0.15, 0.2) is 36.4 Å². The number of anilines is 1. The Morgan fingerprint density at radius 1 is 0.963 bits per heavy atom. The summed E-state index contributed by atoms with van der Waals surface area (Å²) in [6.07, 6.45) is 1.68. The van der Waals surface area contributed by atoms with Crippen LogP contribution in [0, 0.1) is 0 Å². The number of rotatable bonds is 5. The molecule has 1 saturated heterocycles. The first kappa shape index (κ1) is 21.7. The maximum atomic E-state index is 11.6. The summed E-state index contributed by atoms with van der Waals surface area (Å²) >= 11 is 0. The Labute approximate surface area is 156 Å². The molecular formula is C18H23N3O6. The maximum Gasteiger partial charge on any atom is 0.328 e. The number of carboxylic acids is 2. The van der Waals surface area contributed by atoms with Crippen LogP contribution in [0.25, 0.3) is 0 Å². The lowest BCUT2D eigenvalue weighted by Gasteiger charge is -2.36. The molecule has 0 spiro atoms. The van der Waals surface area contributed by atoms with Gasteiger partial charge in [0.15, 0.2) is 0 Å². The zero-order valence-electron chi connectivity index (χ0n) is 15.0. The van der Waals surface area contributed by atoms with Gasteiger partial charge >= 0.3 is 11.9 Å². The second-order valence-corrected chi connectivity index (χ2v) is 5.64. The van der Waals surface area contributed by atoms with Crippen molar-refractivity contribution in [2.75, 3.05) is 31.1 Å². The van der Waals surface area contributed by atoms with E-state index in [9.17, 15) is 19.2 Å². The lowest BCUT2D eigenvalue weighted by atomic mass is 10.1. The van der Waals surface area contributed by atoms with Gasteiger partial charge in [0.05, 0.1) is 0 Å². The molecule has 27 heavy (non-hydrogen) atoms. The molecule has 4 N–H and O–H groups in total. The number of hydrogen-bond acceptors (Lipinski definition) is 5. The standard InChI is InChI=1S/C14H19N3O2.C4H4O4/c1-2-13(18)17-9-7-16(8-10-17)12-5-3-11(4-6-12)14(15)19;5-3(6)1-2-4(7)8/h3-6H,2,7-10H2,1H3,(H2,15,19);1-2H,(H,5,6)(H,7,8)/b;2-1-. The van der Waals surface area contributed by atoms with Crippen molar-refractivity contribution in [3.63, 3.8) is 0 Å².